The summed E-state index contributed by atoms with van der Waals surface area (Å²) in [4.78, 5) is 13.0. The molecule has 0 aromatic heterocycles. The third kappa shape index (κ3) is 10.0. The molecule has 0 aliphatic carbocycles. The monoisotopic (exact) mass is 510 g/mol. The molecule has 0 saturated heterocycles. The van der Waals surface area contributed by atoms with Crippen LogP contribution in [-0.4, -0.2) is 18.0 Å². The van der Waals surface area contributed by atoms with E-state index in [1.165, 1.54) is 74.8 Å². The summed E-state index contributed by atoms with van der Waals surface area (Å²) < 4.78 is 0. The topological polar surface area (TPSA) is 46.4 Å². The Balaban J connectivity index is 1.56. The van der Waals surface area contributed by atoms with E-state index in [9.17, 15) is 10.1 Å². The standard InChI is InChI=1S/C34H42N2O2/c1-3-5-7-9-27-35(28-10-8-6-4-2)33-23-19-31(20-24-33)17-15-29-11-13-30(14-12-29)16-18-32-21-25-34(26-22-32)36(37)38/h11-26H,3-10,27-28H2,1-2H3/b17-15+,18-16+. The van der Waals surface area contributed by atoms with Gasteiger partial charge in [-0.25, -0.2) is 0 Å². The van der Waals surface area contributed by atoms with Gasteiger partial charge in [-0.2, -0.15) is 0 Å². The van der Waals surface area contributed by atoms with Crippen LogP contribution in [0.2, 0.25) is 0 Å². The second kappa shape index (κ2) is 16.2. The Kier molecular flexibility index (Phi) is 12.4. The van der Waals surface area contributed by atoms with Crippen molar-refractivity contribution in [1.82, 2.24) is 0 Å². The molecule has 0 unspecified atom stereocenters. The molecule has 3 rings (SSSR count). The molecule has 0 fully saturated rings. The summed E-state index contributed by atoms with van der Waals surface area (Å²) in [5, 5.41) is 10.8. The molecule has 3 aromatic rings. The first-order valence-corrected chi connectivity index (χ1v) is 14.1. The van der Waals surface area contributed by atoms with Crippen molar-refractivity contribution in [1.29, 1.82) is 0 Å². The van der Waals surface area contributed by atoms with Crippen LogP contribution in [0.1, 0.15) is 87.5 Å². The van der Waals surface area contributed by atoms with E-state index < -0.39 is 0 Å². The maximum atomic E-state index is 10.8. The highest BCUT2D eigenvalue weighted by molar-refractivity contribution is 5.73. The Morgan fingerprint density at radius 2 is 0.947 bits per heavy atom. The van der Waals surface area contributed by atoms with E-state index in [0.29, 0.717) is 0 Å². The van der Waals surface area contributed by atoms with Crippen molar-refractivity contribution in [2.45, 2.75) is 65.2 Å². The average Bonchev–Trinajstić information content (AvgIpc) is 2.95. The average molecular weight is 511 g/mol. The van der Waals surface area contributed by atoms with Crippen molar-refractivity contribution in [3.05, 3.63) is 105 Å². The second-order valence-corrected chi connectivity index (χ2v) is 9.88. The van der Waals surface area contributed by atoms with Crippen LogP contribution in [0.3, 0.4) is 0 Å². The molecule has 4 nitrogen and oxygen atoms in total. The highest BCUT2D eigenvalue weighted by atomic mass is 16.6. The summed E-state index contributed by atoms with van der Waals surface area (Å²) in [6.45, 7) is 6.83. The highest BCUT2D eigenvalue weighted by Crippen LogP contribution is 2.20. The van der Waals surface area contributed by atoms with Crippen LogP contribution >= 0.6 is 0 Å². The third-order valence-electron chi connectivity index (χ3n) is 6.80. The molecule has 3 aromatic carbocycles. The molecule has 4 heteroatoms. The fourth-order valence-corrected chi connectivity index (χ4v) is 4.44. The molecular formula is C34H42N2O2. The van der Waals surface area contributed by atoms with Crippen molar-refractivity contribution in [3.8, 4) is 0 Å². The summed E-state index contributed by atoms with van der Waals surface area (Å²) in [5.41, 5.74) is 5.81. The number of hydrogen-bond donors (Lipinski definition) is 0. The fraction of sp³-hybridized carbons (Fsp3) is 0.353. The maximum absolute atomic E-state index is 10.8. The van der Waals surface area contributed by atoms with Gasteiger partial charge in [0.15, 0.2) is 0 Å². The number of hydrogen-bond acceptors (Lipinski definition) is 3. The first-order valence-electron chi connectivity index (χ1n) is 14.1. The predicted molar refractivity (Wildman–Crippen MR) is 164 cm³/mol. The molecule has 0 saturated carbocycles. The first kappa shape index (κ1) is 28.9. The predicted octanol–water partition coefficient (Wildman–Crippen LogP) is 9.90. The summed E-state index contributed by atoms with van der Waals surface area (Å²) in [6.07, 6.45) is 18.7. The lowest BCUT2D eigenvalue weighted by molar-refractivity contribution is -0.384. The molecule has 0 radical (unpaired) electrons. The lowest BCUT2D eigenvalue weighted by atomic mass is 10.1. The van der Waals surface area contributed by atoms with Crippen LogP contribution in [0.25, 0.3) is 24.3 Å². The summed E-state index contributed by atoms with van der Waals surface area (Å²) in [5.74, 6) is 0. The molecular weight excluding hydrogens is 468 g/mol. The first-order chi connectivity index (χ1) is 18.6. The van der Waals surface area contributed by atoms with Gasteiger partial charge in [0.05, 0.1) is 4.92 Å². The van der Waals surface area contributed by atoms with E-state index in [1.807, 2.05) is 12.2 Å². The summed E-state index contributed by atoms with van der Waals surface area (Å²) >= 11 is 0. The van der Waals surface area contributed by atoms with Crippen LogP contribution in [0, 0.1) is 10.1 Å². The Bertz CT molecular complexity index is 1130. The van der Waals surface area contributed by atoms with Gasteiger partial charge in [-0.1, -0.05) is 113 Å². The normalized spacial score (nSPS) is 11.4. The van der Waals surface area contributed by atoms with Gasteiger partial charge in [0.1, 0.15) is 0 Å². The van der Waals surface area contributed by atoms with Crippen molar-refractivity contribution in [2.24, 2.45) is 0 Å². The smallest absolute Gasteiger partial charge is 0.269 e. The molecule has 0 aliphatic rings. The van der Waals surface area contributed by atoms with Gasteiger partial charge in [-0.15, -0.1) is 0 Å². The van der Waals surface area contributed by atoms with Crippen molar-refractivity contribution in [2.75, 3.05) is 18.0 Å². The molecule has 0 bridgehead atoms. The Morgan fingerprint density at radius 3 is 1.32 bits per heavy atom. The summed E-state index contributed by atoms with van der Waals surface area (Å²) in [6, 6.07) is 23.9. The zero-order valence-corrected chi connectivity index (χ0v) is 23.0. The molecule has 200 valence electrons. The van der Waals surface area contributed by atoms with Gasteiger partial charge >= 0.3 is 0 Å². The van der Waals surface area contributed by atoms with Crippen molar-refractivity contribution in [3.63, 3.8) is 0 Å². The van der Waals surface area contributed by atoms with Crippen molar-refractivity contribution < 1.29 is 4.92 Å². The van der Waals surface area contributed by atoms with Gasteiger partial charge in [0.25, 0.3) is 5.69 Å². The second-order valence-electron chi connectivity index (χ2n) is 9.88. The van der Waals surface area contributed by atoms with E-state index in [2.05, 4.69) is 79.4 Å². The van der Waals surface area contributed by atoms with Crippen LogP contribution < -0.4 is 4.90 Å². The number of anilines is 1. The van der Waals surface area contributed by atoms with Crippen LogP contribution in [0.4, 0.5) is 11.4 Å². The minimum atomic E-state index is -0.381. The number of non-ortho nitro benzene ring substituents is 1. The number of unbranched alkanes of at least 4 members (excludes halogenated alkanes) is 6. The third-order valence-corrected chi connectivity index (χ3v) is 6.80. The SMILES string of the molecule is CCCCCCN(CCCCCC)c1ccc(/C=C/c2ccc(/C=C/c3ccc([N+](=O)[O-])cc3)cc2)cc1. The van der Waals surface area contributed by atoms with Gasteiger partial charge < -0.3 is 4.90 Å². The number of nitrogens with zero attached hydrogens (tertiary/aromatic N) is 2. The minimum absolute atomic E-state index is 0.107. The quantitative estimate of drug-likeness (QED) is 0.0833. The number of rotatable bonds is 16. The van der Waals surface area contributed by atoms with Crippen LogP contribution in [0.15, 0.2) is 72.8 Å². The largest absolute Gasteiger partial charge is 0.372 e. The Hall–Kier alpha value is -3.66. The summed E-state index contributed by atoms with van der Waals surface area (Å²) in [7, 11) is 0. The molecule has 0 heterocycles. The zero-order valence-electron chi connectivity index (χ0n) is 23.0. The number of nitro benzene ring substituents is 1. The van der Waals surface area contributed by atoms with E-state index in [1.54, 1.807) is 12.1 Å². The number of benzene rings is 3. The van der Waals surface area contributed by atoms with Crippen LogP contribution in [0.5, 0.6) is 0 Å². The highest BCUT2D eigenvalue weighted by Gasteiger charge is 2.06. The van der Waals surface area contributed by atoms with Gasteiger partial charge in [0, 0.05) is 30.9 Å². The maximum Gasteiger partial charge on any atom is 0.269 e. The Morgan fingerprint density at radius 1 is 0.579 bits per heavy atom. The van der Waals surface area contributed by atoms with Gasteiger partial charge in [0.2, 0.25) is 0 Å². The fourth-order valence-electron chi connectivity index (χ4n) is 4.44. The Labute approximate surface area is 228 Å². The van der Waals surface area contributed by atoms with Gasteiger partial charge in [-0.3, -0.25) is 10.1 Å². The van der Waals surface area contributed by atoms with Gasteiger partial charge in [-0.05, 0) is 59.4 Å². The molecule has 0 aliphatic heterocycles. The number of nitro groups is 1. The van der Waals surface area contributed by atoms with Crippen molar-refractivity contribution >= 4 is 35.7 Å². The molecule has 38 heavy (non-hydrogen) atoms. The van der Waals surface area contributed by atoms with E-state index >= 15 is 0 Å². The molecule has 0 spiro atoms. The molecule has 0 N–H and O–H groups in total. The lowest BCUT2D eigenvalue weighted by Gasteiger charge is -2.25. The van der Waals surface area contributed by atoms with E-state index in [0.717, 1.165) is 29.8 Å². The zero-order chi connectivity index (χ0) is 27.0. The van der Waals surface area contributed by atoms with E-state index in [-0.39, 0.29) is 10.6 Å². The van der Waals surface area contributed by atoms with E-state index in [4.69, 9.17) is 0 Å². The molecule has 0 amide bonds. The molecule has 0 atom stereocenters. The lowest BCUT2D eigenvalue weighted by Crippen LogP contribution is -2.25. The van der Waals surface area contributed by atoms with Crippen LogP contribution in [-0.2, 0) is 0 Å². The minimum Gasteiger partial charge on any atom is -0.372 e.